The van der Waals surface area contributed by atoms with Crippen molar-refractivity contribution >= 4 is 34.6 Å². The molecule has 7 heteroatoms. The zero-order chi connectivity index (χ0) is 15.7. The number of piperazine rings is 1. The number of anilines is 2. The molecule has 0 radical (unpaired) electrons. The predicted molar refractivity (Wildman–Crippen MR) is 90.5 cm³/mol. The molecule has 2 heterocycles. The fourth-order valence-electron chi connectivity index (χ4n) is 2.71. The van der Waals surface area contributed by atoms with Crippen LogP contribution in [0.25, 0.3) is 0 Å². The third-order valence-corrected chi connectivity index (χ3v) is 4.51. The highest BCUT2D eigenvalue weighted by atomic mass is 35.5. The van der Waals surface area contributed by atoms with Gasteiger partial charge in [0.05, 0.1) is 11.9 Å². The Hall–Kier alpha value is -1.72. The lowest BCUT2D eigenvalue weighted by Crippen LogP contribution is -2.47. The molecule has 22 heavy (non-hydrogen) atoms. The van der Waals surface area contributed by atoms with E-state index in [0.29, 0.717) is 5.69 Å². The lowest BCUT2D eigenvalue weighted by molar-refractivity contribution is 0.650. The smallest absolute Gasteiger partial charge is 0.285 e. The van der Waals surface area contributed by atoms with E-state index in [-0.39, 0.29) is 10.6 Å². The maximum Gasteiger partial charge on any atom is 0.285 e. The Bertz CT molecular complexity index is 739. The summed E-state index contributed by atoms with van der Waals surface area (Å²) in [5, 5.41) is 7.10. The summed E-state index contributed by atoms with van der Waals surface area (Å²) in [6, 6.07) is 5.92. The van der Waals surface area contributed by atoms with Gasteiger partial charge in [0, 0.05) is 36.9 Å². The van der Waals surface area contributed by atoms with E-state index in [1.807, 2.05) is 18.2 Å². The molecule has 3 rings (SSSR count). The fourth-order valence-corrected chi connectivity index (χ4v) is 3.08. The molecule has 116 valence electrons. The Balaban J connectivity index is 1.76. The van der Waals surface area contributed by atoms with Crippen LogP contribution in [-0.4, -0.2) is 36.4 Å². The summed E-state index contributed by atoms with van der Waals surface area (Å²) in [5.74, 6) is 0. The zero-order valence-corrected chi connectivity index (χ0v) is 13.7. The third-order valence-electron chi connectivity index (χ3n) is 3.91. The van der Waals surface area contributed by atoms with Crippen LogP contribution in [0.2, 0.25) is 10.0 Å². The second-order valence-corrected chi connectivity index (χ2v) is 6.12. The van der Waals surface area contributed by atoms with Crippen LogP contribution in [0.15, 0.2) is 29.2 Å². The van der Waals surface area contributed by atoms with E-state index < -0.39 is 0 Å². The lowest BCUT2D eigenvalue weighted by Gasteiger charge is -2.38. The minimum Gasteiger partial charge on any atom is -0.368 e. The molecule has 1 aliphatic rings. The third kappa shape index (κ3) is 2.91. The average Bonchev–Trinajstić information content (AvgIpc) is 2.53. The minimum absolute atomic E-state index is 0.197. The molecule has 1 fully saturated rings. The number of aromatic nitrogens is 2. The number of hydrogen-bond acceptors (Lipinski definition) is 4. The topological polar surface area (TPSA) is 52.2 Å². The van der Waals surface area contributed by atoms with Crippen molar-refractivity contribution in [1.29, 1.82) is 0 Å². The Labute approximate surface area is 138 Å². The molecule has 1 aliphatic heterocycles. The highest BCUT2D eigenvalue weighted by molar-refractivity contribution is 6.33. The number of nitrogens with zero attached hydrogens (tertiary/aromatic N) is 3. The van der Waals surface area contributed by atoms with Crippen LogP contribution < -0.4 is 15.4 Å². The highest BCUT2D eigenvalue weighted by Crippen LogP contribution is 2.27. The molecule has 0 amide bonds. The van der Waals surface area contributed by atoms with Crippen molar-refractivity contribution in [2.45, 2.75) is 6.92 Å². The van der Waals surface area contributed by atoms with Gasteiger partial charge in [0.2, 0.25) is 0 Å². The molecule has 0 bridgehead atoms. The molecular weight excluding hydrogens is 323 g/mol. The van der Waals surface area contributed by atoms with E-state index in [1.54, 1.807) is 6.20 Å². The van der Waals surface area contributed by atoms with E-state index in [1.165, 1.54) is 5.56 Å². The first-order chi connectivity index (χ1) is 10.6. The van der Waals surface area contributed by atoms with Gasteiger partial charge in [0.1, 0.15) is 5.02 Å². The van der Waals surface area contributed by atoms with Gasteiger partial charge in [-0.25, -0.2) is 5.10 Å². The number of H-pyrrole nitrogens is 1. The Morgan fingerprint density at radius 3 is 2.41 bits per heavy atom. The lowest BCUT2D eigenvalue weighted by atomic mass is 10.1. The summed E-state index contributed by atoms with van der Waals surface area (Å²) < 4.78 is 0. The summed E-state index contributed by atoms with van der Waals surface area (Å²) >= 11 is 12.2. The van der Waals surface area contributed by atoms with E-state index in [9.17, 15) is 4.79 Å². The van der Waals surface area contributed by atoms with Crippen LogP contribution in [0.5, 0.6) is 0 Å². The number of rotatable bonds is 2. The quantitative estimate of drug-likeness (QED) is 0.914. The van der Waals surface area contributed by atoms with Crippen molar-refractivity contribution in [3.63, 3.8) is 0 Å². The summed E-state index contributed by atoms with van der Waals surface area (Å²) in [7, 11) is 0. The second kappa shape index (κ2) is 6.18. The normalized spacial score (nSPS) is 15.2. The molecule has 0 atom stereocenters. The van der Waals surface area contributed by atoms with Crippen molar-refractivity contribution in [3.8, 4) is 0 Å². The zero-order valence-electron chi connectivity index (χ0n) is 12.1. The molecular formula is C15H16Cl2N4O. The number of hydrogen-bond donors (Lipinski definition) is 1. The maximum atomic E-state index is 11.5. The van der Waals surface area contributed by atoms with Gasteiger partial charge in [-0.2, -0.15) is 5.10 Å². The van der Waals surface area contributed by atoms with Crippen LogP contribution in [0.3, 0.4) is 0 Å². The predicted octanol–water partition coefficient (Wildman–Crippen LogP) is 2.71. The molecule has 0 spiro atoms. The molecule has 1 saturated heterocycles. The first-order valence-corrected chi connectivity index (χ1v) is 7.81. The Morgan fingerprint density at radius 1 is 1.09 bits per heavy atom. The Morgan fingerprint density at radius 2 is 1.73 bits per heavy atom. The standard InChI is InChI=1S/C15H16Cl2N4O/c1-10-2-3-11(16)8-12(10)20-4-6-21(7-5-20)13-9-18-19-15(22)14(13)17/h2-3,8-9H,4-7H2,1H3,(H,19,22). The van der Waals surface area contributed by atoms with Crippen molar-refractivity contribution in [2.24, 2.45) is 0 Å². The van der Waals surface area contributed by atoms with E-state index in [4.69, 9.17) is 23.2 Å². The SMILES string of the molecule is Cc1ccc(Cl)cc1N1CCN(c2cn[nH]c(=O)c2Cl)CC1. The van der Waals surface area contributed by atoms with Gasteiger partial charge in [-0.05, 0) is 24.6 Å². The first kappa shape index (κ1) is 15.2. The van der Waals surface area contributed by atoms with E-state index in [2.05, 4.69) is 26.9 Å². The fraction of sp³-hybridized carbons (Fsp3) is 0.333. The van der Waals surface area contributed by atoms with Gasteiger partial charge in [-0.3, -0.25) is 4.79 Å². The van der Waals surface area contributed by atoms with Gasteiger partial charge in [-0.1, -0.05) is 29.3 Å². The number of benzene rings is 1. The summed E-state index contributed by atoms with van der Waals surface area (Å²) in [4.78, 5) is 15.9. The van der Waals surface area contributed by atoms with E-state index >= 15 is 0 Å². The number of aromatic amines is 1. The van der Waals surface area contributed by atoms with Gasteiger partial charge in [0.15, 0.2) is 0 Å². The summed E-state index contributed by atoms with van der Waals surface area (Å²) in [6.45, 7) is 5.30. The van der Waals surface area contributed by atoms with Crippen molar-refractivity contribution in [3.05, 3.63) is 50.4 Å². The summed E-state index contributed by atoms with van der Waals surface area (Å²) in [5.41, 5.74) is 2.69. The molecule has 1 aromatic heterocycles. The van der Waals surface area contributed by atoms with Gasteiger partial charge >= 0.3 is 0 Å². The largest absolute Gasteiger partial charge is 0.368 e. The van der Waals surface area contributed by atoms with Gasteiger partial charge in [-0.15, -0.1) is 0 Å². The molecule has 0 saturated carbocycles. The minimum atomic E-state index is -0.354. The monoisotopic (exact) mass is 338 g/mol. The highest BCUT2D eigenvalue weighted by Gasteiger charge is 2.21. The van der Waals surface area contributed by atoms with Crippen molar-refractivity contribution in [2.75, 3.05) is 36.0 Å². The number of halogens is 2. The maximum absolute atomic E-state index is 11.5. The van der Waals surface area contributed by atoms with Crippen molar-refractivity contribution < 1.29 is 0 Å². The van der Waals surface area contributed by atoms with Crippen LogP contribution in [0, 0.1) is 6.92 Å². The second-order valence-electron chi connectivity index (χ2n) is 5.30. The molecule has 1 N–H and O–H groups in total. The average molecular weight is 339 g/mol. The number of aryl methyl sites for hydroxylation is 1. The van der Waals surface area contributed by atoms with Gasteiger partial charge < -0.3 is 9.80 Å². The van der Waals surface area contributed by atoms with Crippen LogP contribution in [0.1, 0.15) is 5.56 Å². The summed E-state index contributed by atoms with van der Waals surface area (Å²) in [6.07, 6.45) is 1.60. The van der Waals surface area contributed by atoms with Crippen LogP contribution >= 0.6 is 23.2 Å². The Kier molecular flexibility index (Phi) is 4.27. The molecule has 1 aromatic carbocycles. The molecule has 0 unspecified atom stereocenters. The van der Waals surface area contributed by atoms with Crippen LogP contribution in [0.4, 0.5) is 11.4 Å². The first-order valence-electron chi connectivity index (χ1n) is 7.05. The molecule has 5 nitrogen and oxygen atoms in total. The van der Waals surface area contributed by atoms with E-state index in [0.717, 1.165) is 36.9 Å². The van der Waals surface area contributed by atoms with Crippen LogP contribution in [-0.2, 0) is 0 Å². The number of nitrogens with one attached hydrogen (secondary N) is 1. The molecule has 0 aliphatic carbocycles. The molecule has 2 aromatic rings. The van der Waals surface area contributed by atoms with Crippen molar-refractivity contribution in [1.82, 2.24) is 10.2 Å². The van der Waals surface area contributed by atoms with Gasteiger partial charge in [0.25, 0.3) is 5.56 Å².